The Morgan fingerprint density at radius 1 is 0.971 bits per heavy atom. The monoisotopic (exact) mass is 481 g/mol. The summed E-state index contributed by atoms with van der Waals surface area (Å²) in [6.45, 7) is 11.8. The van der Waals surface area contributed by atoms with Crippen molar-refractivity contribution in [3.05, 3.63) is 47.7 Å². The first kappa shape index (κ1) is 27.3. The highest BCUT2D eigenvalue weighted by atomic mass is 16.6. The van der Waals surface area contributed by atoms with Gasteiger partial charge in [-0.1, -0.05) is 30.3 Å². The van der Waals surface area contributed by atoms with Crippen LogP contribution in [-0.4, -0.2) is 40.9 Å². The minimum Gasteiger partial charge on any atom is -0.466 e. The zero-order valence-corrected chi connectivity index (χ0v) is 21.2. The third kappa shape index (κ3) is 7.81. The van der Waals surface area contributed by atoms with Gasteiger partial charge in [0.15, 0.2) is 0 Å². The molecule has 1 heterocycles. The van der Waals surface area contributed by atoms with Crippen LogP contribution in [0.1, 0.15) is 59.7 Å². The second kappa shape index (κ2) is 11.0. The van der Waals surface area contributed by atoms with Gasteiger partial charge in [0.1, 0.15) is 23.0 Å². The molecule has 1 aromatic carbocycles. The van der Waals surface area contributed by atoms with Gasteiger partial charge < -0.3 is 14.2 Å². The molecule has 35 heavy (non-hydrogen) atoms. The molecule has 0 fully saturated rings. The van der Waals surface area contributed by atoms with Gasteiger partial charge in [0.2, 0.25) is 0 Å². The topological polar surface area (TPSA) is 119 Å². The summed E-state index contributed by atoms with van der Waals surface area (Å²) in [6, 6.07) is 12.1. The zero-order chi connectivity index (χ0) is 26.4. The van der Waals surface area contributed by atoms with Crippen LogP contribution in [0, 0.1) is 11.3 Å². The van der Waals surface area contributed by atoms with E-state index in [1.807, 2.05) is 6.07 Å². The lowest BCUT2D eigenvalue weighted by Crippen LogP contribution is -2.44. The molecule has 0 radical (unpaired) electrons. The van der Waals surface area contributed by atoms with E-state index < -0.39 is 29.4 Å². The van der Waals surface area contributed by atoms with Crippen molar-refractivity contribution in [3.63, 3.8) is 0 Å². The third-order valence-electron chi connectivity index (χ3n) is 4.27. The first-order chi connectivity index (χ1) is 16.3. The van der Waals surface area contributed by atoms with Gasteiger partial charge in [0.25, 0.3) is 0 Å². The number of anilines is 1. The van der Waals surface area contributed by atoms with E-state index in [0.717, 1.165) is 4.90 Å². The van der Waals surface area contributed by atoms with E-state index >= 15 is 0 Å². The Kier molecular flexibility index (Phi) is 8.58. The van der Waals surface area contributed by atoms with Crippen LogP contribution in [0.3, 0.4) is 0 Å². The fourth-order valence-corrected chi connectivity index (χ4v) is 3.01. The van der Waals surface area contributed by atoms with Gasteiger partial charge in [-0.05, 0) is 54.5 Å². The van der Waals surface area contributed by atoms with Crippen molar-refractivity contribution < 1.29 is 28.6 Å². The molecule has 0 aliphatic heterocycles. The number of nitriles is 1. The van der Waals surface area contributed by atoms with Crippen molar-refractivity contribution >= 4 is 23.8 Å². The molecule has 0 atom stereocenters. The Balaban J connectivity index is 2.81. The van der Waals surface area contributed by atoms with Crippen molar-refractivity contribution in [3.8, 4) is 17.3 Å². The van der Waals surface area contributed by atoms with Gasteiger partial charge in [-0.3, -0.25) is 4.79 Å². The van der Waals surface area contributed by atoms with Crippen LogP contribution in [0.25, 0.3) is 11.3 Å². The van der Waals surface area contributed by atoms with Gasteiger partial charge in [0, 0.05) is 11.1 Å². The molecule has 186 valence electrons. The Labute approximate surface area is 205 Å². The van der Waals surface area contributed by atoms with Crippen LogP contribution >= 0.6 is 0 Å². The van der Waals surface area contributed by atoms with E-state index in [1.54, 1.807) is 78.8 Å². The van der Waals surface area contributed by atoms with Gasteiger partial charge in [-0.15, -0.1) is 0 Å². The van der Waals surface area contributed by atoms with Crippen molar-refractivity contribution in [2.75, 3.05) is 11.5 Å². The van der Waals surface area contributed by atoms with E-state index in [-0.39, 0.29) is 35.7 Å². The molecule has 2 amide bonds. The Bertz CT molecular complexity index is 1100. The summed E-state index contributed by atoms with van der Waals surface area (Å²) < 4.78 is 16.0. The summed E-state index contributed by atoms with van der Waals surface area (Å²) >= 11 is 0. The summed E-state index contributed by atoms with van der Waals surface area (Å²) in [6.07, 6.45) is -2.25. The van der Waals surface area contributed by atoms with E-state index in [0.29, 0.717) is 5.56 Å². The number of carbonyl (C=O) groups is 3. The highest BCUT2D eigenvalue weighted by Gasteiger charge is 2.35. The fourth-order valence-electron chi connectivity index (χ4n) is 3.01. The predicted molar refractivity (Wildman–Crippen MR) is 130 cm³/mol. The lowest BCUT2D eigenvalue weighted by atomic mass is 10.0. The molecule has 2 aromatic rings. The van der Waals surface area contributed by atoms with E-state index in [2.05, 4.69) is 4.98 Å². The molecular weight excluding hydrogens is 450 g/mol. The summed E-state index contributed by atoms with van der Waals surface area (Å²) in [5.41, 5.74) is -0.953. The molecule has 1 aromatic heterocycles. The standard InChI is InChI=1S/C26H31N3O6/c1-8-33-21(30)15-18-14-20(22(28-19(18)16-27)17-12-10-9-11-13-17)29(23(31)34-25(2,3)4)24(32)35-26(5,6)7/h9-14H,8,15H2,1-7H3. The first-order valence-electron chi connectivity index (χ1n) is 11.2. The van der Waals surface area contributed by atoms with E-state index in [1.165, 1.54) is 6.07 Å². The second-order valence-electron chi connectivity index (χ2n) is 9.62. The second-order valence-corrected chi connectivity index (χ2v) is 9.62. The average Bonchev–Trinajstić information content (AvgIpc) is 2.72. The number of ether oxygens (including phenoxy) is 3. The predicted octanol–water partition coefficient (Wildman–Crippen LogP) is 5.40. The number of carbonyl (C=O) groups excluding carboxylic acids is 3. The number of pyridine rings is 1. The molecule has 0 saturated heterocycles. The summed E-state index contributed by atoms with van der Waals surface area (Å²) in [5.74, 6) is -0.578. The number of nitrogens with zero attached hydrogens (tertiary/aromatic N) is 3. The molecule has 0 spiro atoms. The lowest BCUT2D eigenvalue weighted by Gasteiger charge is -2.29. The molecule has 9 heteroatoms. The zero-order valence-electron chi connectivity index (χ0n) is 21.2. The average molecular weight is 482 g/mol. The normalized spacial score (nSPS) is 11.3. The smallest absolute Gasteiger partial charge is 0.424 e. The molecule has 9 nitrogen and oxygen atoms in total. The van der Waals surface area contributed by atoms with Crippen LogP contribution in [-0.2, 0) is 25.4 Å². The third-order valence-corrected chi connectivity index (χ3v) is 4.27. The van der Waals surface area contributed by atoms with Crippen molar-refractivity contribution in [1.29, 1.82) is 5.26 Å². The van der Waals surface area contributed by atoms with Crippen LogP contribution in [0.15, 0.2) is 36.4 Å². The molecule has 0 bridgehead atoms. The van der Waals surface area contributed by atoms with Crippen LogP contribution < -0.4 is 4.90 Å². The van der Waals surface area contributed by atoms with Crippen LogP contribution in [0.2, 0.25) is 0 Å². The molecule has 0 saturated carbocycles. The Hall–Kier alpha value is -3.93. The number of esters is 1. The summed E-state index contributed by atoms with van der Waals surface area (Å²) in [4.78, 5) is 43.9. The molecule has 0 unspecified atom stereocenters. The SMILES string of the molecule is CCOC(=O)Cc1cc(N(C(=O)OC(C)(C)C)C(=O)OC(C)(C)C)c(-c2ccccc2)nc1C#N. The van der Waals surface area contributed by atoms with Gasteiger partial charge >= 0.3 is 18.2 Å². The maximum Gasteiger partial charge on any atom is 0.424 e. The minimum atomic E-state index is -0.988. The van der Waals surface area contributed by atoms with E-state index in [9.17, 15) is 19.6 Å². The number of imide groups is 1. The molecule has 2 rings (SSSR count). The fraction of sp³-hybridized carbons (Fsp3) is 0.423. The number of aromatic nitrogens is 1. The van der Waals surface area contributed by atoms with E-state index in [4.69, 9.17) is 14.2 Å². The lowest BCUT2D eigenvalue weighted by molar-refractivity contribution is -0.142. The van der Waals surface area contributed by atoms with Crippen molar-refractivity contribution in [1.82, 2.24) is 4.98 Å². The number of hydrogen-bond acceptors (Lipinski definition) is 8. The van der Waals surface area contributed by atoms with Crippen LogP contribution in [0.4, 0.5) is 15.3 Å². The number of benzene rings is 1. The highest BCUT2D eigenvalue weighted by Crippen LogP contribution is 2.33. The first-order valence-corrected chi connectivity index (χ1v) is 11.2. The minimum absolute atomic E-state index is 0.0120. The number of rotatable bonds is 5. The van der Waals surface area contributed by atoms with Gasteiger partial charge in [0.05, 0.1) is 24.4 Å². The quantitative estimate of drug-likeness (QED) is 0.411. The molecule has 0 aliphatic carbocycles. The van der Waals surface area contributed by atoms with Gasteiger partial charge in [-0.2, -0.15) is 10.2 Å². The molecule has 0 aliphatic rings. The maximum absolute atomic E-state index is 13.3. The van der Waals surface area contributed by atoms with Crippen LogP contribution in [0.5, 0.6) is 0 Å². The number of amides is 2. The Morgan fingerprint density at radius 3 is 1.97 bits per heavy atom. The highest BCUT2D eigenvalue weighted by molar-refractivity contribution is 6.12. The van der Waals surface area contributed by atoms with Gasteiger partial charge in [-0.25, -0.2) is 14.6 Å². The Morgan fingerprint density at radius 2 is 1.51 bits per heavy atom. The maximum atomic E-state index is 13.3. The summed E-state index contributed by atoms with van der Waals surface area (Å²) in [7, 11) is 0. The largest absolute Gasteiger partial charge is 0.466 e. The van der Waals surface area contributed by atoms with Crippen molar-refractivity contribution in [2.45, 2.75) is 66.1 Å². The molecular formula is C26H31N3O6. The van der Waals surface area contributed by atoms with Crippen molar-refractivity contribution in [2.24, 2.45) is 0 Å². The summed E-state index contributed by atoms with van der Waals surface area (Å²) in [5, 5.41) is 9.72. The number of hydrogen-bond donors (Lipinski definition) is 0. The molecule has 0 N–H and O–H groups in total.